The van der Waals surface area contributed by atoms with E-state index >= 15 is 0 Å². The second kappa shape index (κ2) is 6.94. The van der Waals surface area contributed by atoms with Crippen LogP contribution in [-0.4, -0.2) is 27.1 Å². The van der Waals surface area contributed by atoms with E-state index in [0.717, 1.165) is 36.1 Å². The maximum absolute atomic E-state index is 13.2. The number of phenolic OH excluding ortho intramolecular Hbond substituents is 1. The van der Waals surface area contributed by atoms with Gasteiger partial charge in [-0.1, -0.05) is 41.5 Å². The van der Waals surface area contributed by atoms with E-state index in [-0.39, 0.29) is 23.2 Å². The van der Waals surface area contributed by atoms with Crippen molar-refractivity contribution in [3.8, 4) is 5.75 Å². The summed E-state index contributed by atoms with van der Waals surface area (Å²) in [6.07, 6.45) is 4.22. The normalized spacial score (nSPS) is 15.2. The summed E-state index contributed by atoms with van der Waals surface area (Å²) < 4.78 is 4.16. The van der Waals surface area contributed by atoms with Crippen molar-refractivity contribution in [3.63, 3.8) is 0 Å². The van der Waals surface area contributed by atoms with Crippen LogP contribution in [0.5, 0.6) is 5.75 Å². The van der Waals surface area contributed by atoms with Crippen LogP contribution in [0.15, 0.2) is 23.3 Å². The summed E-state index contributed by atoms with van der Waals surface area (Å²) in [5.41, 5.74) is 3.86. The highest BCUT2D eigenvalue weighted by molar-refractivity contribution is 5.96. The van der Waals surface area contributed by atoms with Gasteiger partial charge in [0.25, 0.3) is 0 Å². The van der Waals surface area contributed by atoms with E-state index in [9.17, 15) is 9.90 Å². The third-order valence-corrected chi connectivity index (χ3v) is 5.53. The van der Waals surface area contributed by atoms with Gasteiger partial charge in [-0.25, -0.2) is 0 Å². The molecule has 0 bridgehead atoms. The van der Waals surface area contributed by atoms with E-state index < -0.39 is 0 Å². The van der Waals surface area contributed by atoms with Crippen LogP contribution in [0.2, 0.25) is 0 Å². The van der Waals surface area contributed by atoms with Gasteiger partial charge in [-0.05, 0) is 35.8 Å². The van der Waals surface area contributed by atoms with Crippen molar-refractivity contribution in [2.45, 2.75) is 78.3 Å². The first-order chi connectivity index (χ1) is 12.9. The van der Waals surface area contributed by atoms with Crippen molar-refractivity contribution >= 4 is 5.78 Å². The minimum atomic E-state index is -0.255. The van der Waals surface area contributed by atoms with Crippen molar-refractivity contribution in [3.05, 3.63) is 46.3 Å². The molecule has 1 N–H and O–H groups in total. The van der Waals surface area contributed by atoms with Gasteiger partial charge in [0.2, 0.25) is 5.62 Å². The molecular formula is C23H33N3O2. The first kappa shape index (κ1) is 20.4. The van der Waals surface area contributed by atoms with Crippen molar-refractivity contribution in [2.75, 3.05) is 7.05 Å². The molecular weight excluding hydrogens is 350 g/mol. The highest BCUT2D eigenvalue weighted by Crippen LogP contribution is 2.39. The zero-order valence-electron chi connectivity index (χ0n) is 18.3. The molecule has 1 aliphatic heterocycles. The highest BCUT2D eigenvalue weighted by atomic mass is 16.3. The predicted octanol–water partition coefficient (Wildman–Crippen LogP) is 3.95. The topological polar surface area (TPSA) is 59.5 Å². The predicted molar refractivity (Wildman–Crippen MR) is 112 cm³/mol. The van der Waals surface area contributed by atoms with Crippen molar-refractivity contribution in [1.29, 1.82) is 0 Å². The summed E-state index contributed by atoms with van der Waals surface area (Å²) in [4.78, 5) is 17.6. The second-order valence-electron chi connectivity index (χ2n) is 9.87. The number of hydrogen-bond donors (Lipinski definition) is 1. The lowest BCUT2D eigenvalue weighted by atomic mass is 9.78. The van der Waals surface area contributed by atoms with Crippen LogP contribution in [0, 0.1) is 0 Å². The van der Waals surface area contributed by atoms with Gasteiger partial charge in [-0.2, -0.15) is 0 Å². The summed E-state index contributed by atoms with van der Waals surface area (Å²) in [5.74, 6) is 0.339. The monoisotopic (exact) mass is 383 g/mol. The van der Waals surface area contributed by atoms with Crippen LogP contribution in [0.3, 0.4) is 0 Å². The summed E-state index contributed by atoms with van der Waals surface area (Å²) in [6, 6.07) is 3.72. The Labute approximate surface area is 167 Å². The smallest absolute Gasteiger partial charge is 0.205 e. The van der Waals surface area contributed by atoms with Gasteiger partial charge >= 0.3 is 0 Å². The van der Waals surface area contributed by atoms with Crippen LogP contribution in [-0.2, 0) is 30.3 Å². The molecule has 0 radical (unpaired) electrons. The molecule has 152 valence electrons. The van der Waals surface area contributed by atoms with Crippen LogP contribution >= 0.6 is 0 Å². The number of ketones is 1. The molecule has 0 spiro atoms. The quantitative estimate of drug-likeness (QED) is 0.816. The van der Waals surface area contributed by atoms with Gasteiger partial charge < -0.3 is 14.2 Å². The molecule has 1 aliphatic rings. The average molecular weight is 384 g/mol. The molecule has 2 aromatic rings. The third-order valence-electron chi connectivity index (χ3n) is 5.53. The zero-order valence-corrected chi connectivity index (χ0v) is 18.3. The number of aromatic hydroxyl groups is 1. The maximum atomic E-state index is 13.2. The molecule has 0 unspecified atom stereocenters. The number of nitrogens with zero attached hydrogens (tertiary/aromatic N) is 3. The summed E-state index contributed by atoms with van der Waals surface area (Å²) >= 11 is 0. The molecule has 1 aromatic carbocycles. The number of aromatic nitrogens is 2. The zero-order chi connectivity index (χ0) is 20.9. The number of benzene rings is 1. The molecule has 3 rings (SSSR count). The minimum absolute atomic E-state index is 0.0372. The van der Waals surface area contributed by atoms with Crippen LogP contribution in [0.1, 0.15) is 75.1 Å². The molecule has 0 amide bonds. The Morgan fingerprint density at radius 3 is 2.18 bits per heavy atom. The Kier molecular flexibility index (Phi) is 5.07. The van der Waals surface area contributed by atoms with E-state index in [2.05, 4.69) is 57.3 Å². The van der Waals surface area contributed by atoms with Gasteiger partial charge in [0, 0.05) is 42.2 Å². The second-order valence-corrected chi connectivity index (χ2v) is 9.87. The maximum Gasteiger partial charge on any atom is 0.205 e. The number of fused-ring (bicyclic) bond motifs is 1. The Morgan fingerprint density at radius 2 is 1.68 bits per heavy atom. The Hall–Kier alpha value is -2.30. The SMILES string of the molecule is C/N=c1\n(CC(=O)c2cc(C(C)(C)C)c(O)c(C(C)(C)C)c2)cc2n1CCC2. The fourth-order valence-electron chi connectivity index (χ4n) is 4.00. The standard InChI is InChI=1S/C23H33N3O2/c1-22(2,3)17-11-15(12-18(20(17)28)23(4,5)6)19(27)14-25-13-16-9-8-10-26(16)21(25)24-7/h11-13,28H,8-10,14H2,1-7H3/b24-21+. The van der Waals surface area contributed by atoms with Crippen LogP contribution in [0.25, 0.3) is 0 Å². The lowest BCUT2D eigenvalue weighted by molar-refractivity contribution is 0.0970. The van der Waals surface area contributed by atoms with Crippen LogP contribution < -0.4 is 5.62 Å². The van der Waals surface area contributed by atoms with Gasteiger partial charge in [-0.15, -0.1) is 0 Å². The lowest BCUT2D eigenvalue weighted by Gasteiger charge is -2.28. The molecule has 0 aliphatic carbocycles. The molecule has 0 fully saturated rings. The van der Waals surface area contributed by atoms with E-state index in [1.165, 1.54) is 5.69 Å². The van der Waals surface area contributed by atoms with Gasteiger partial charge in [0.1, 0.15) is 5.75 Å². The highest BCUT2D eigenvalue weighted by Gasteiger charge is 2.28. The molecule has 0 atom stereocenters. The number of hydrogen-bond acceptors (Lipinski definition) is 3. The summed E-state index contributed by atoms with van der Waals surface area (Å²) in [6.45, 7) is 13.6. The molecule has 5 nitrogen and oxygen atoms in total. The van der Waals surface area contributed by atoms with E-state index in [0.29, 0.717) is 11.3 Å². The molecule has 1 aromatic heterocycles. The number of imidazole rings is 1. The number of carbonyl (C=O) groups excluding carboxylic acids is 1. The van der Waals surface area contributed by atoms with Gasteiger partial charge in [-0.3, -0.25) is 9.79 Å². The number of aryl methyl sites for hydroxylation is 1. The van der Waals surface area contributed by atoms with Gasteiger partial charge in [0.05, 0.1) is 6.54 Å². The lowest BCUT2D eigenvalue weighted by Crippen LogP contribution is -2.28. The first-order valence-electron chi connectivity index (χ1n) is 10.1. The van der Waals surface area contributed by atoms with E-state index in [1.807, 2.05) is 16.7 Å². The number of Topliss-reactive ketones (excluding diaryl/α,β-unsaturated/α-hetero) is 1. The fourth-order valence-corrected chi connectivity index (χ4v) is 4.00. The van der Waals surface area contributed by atoms with Crippen molar-refractivity contribution in [1.82, 2.24) is 9.13 Å². The van der Waals surface area contributed by atoms with E-state index in [4.69, 9.17) is 0 Å². The van der Waals surface area contributed by atoms with Crippen molar-refractivity contribution < 1.29 is 9.90 Å². The summed E-state index contributed by atoms with van der Waals surface area (Å²) in [5, 5.41) is 10.9. The van der Waals surface area contributed by atoms with E-state index in [1.54, 1.807) is 7.05 Å². The molecule has 0 saturated carbocycles. The Balaban J connectivity index is 2.05. The minimum Gasteiger partial charge on any atom is -0.507 e. The third kappa shape index (κ3) is 3.67. The number of phenols is 1. The molecule has 28 heavy (non-hydrogen) atoms. The number of rotatable bonds is 3. The van der Waals surface area contributed by atoms with Gasteiger partial charge in [0.15, 0.2) is 5.78 Å². The largest absolute Gasteiger partial charge is 0.507 e. The fraction of sp³-hybridized carbons (Fsp3) is 0.565. The molecule has 5 heteroatoms. The summed E-state index contributed by atoms with van der Waals surface area (Å²) in [7, 11) is 1.78. The number of carbonyl (C=O) groups is 1. The molecule has 2 heterocycles. The van der Waals surface area contributed by atoms with Crippen LogP contribution in [0.4, 0.5) is 0 Å². The average Bonchev–Trinajstić information content (AvgIpc) is 3.13. The van der Waals surface area contributed by atoms with Crippen molar-refractivity contribution in [2.24, 2.45) is 4.99 Å². The molecule has 0 saturated heterocycles. The Morgan fingerprint density at radius 1 is 1.11 bits per heavy atom. The first-order valence-corrected chi connectivity index (χ1v) is 10.1. The Bertz CT molecular complexity index is 944.